The maximum atomic E-state index is 5.54. The standard InChI is InChI=1S/C18H22N4O/c1-2-21-10-4-6-14(21)12-17-20-16-8-3-9-19-18(16)22(17)13-15-7-5-11-23-15/h3,5,7-9,11,14H,2,4,6,10,12-13H2,1H3. The molecule has 1 saturated heterocycles. The third kappa shape index (κ3) is 2.77. The van der Waals surface area contributed by atoms with E-state index in [-0.39, 0.29) is 0 Å². The molecular formula is C18H22N4O. The van der Waals surface area contributed by atoms with Gasteiger partial charge in [-0.05, 0) is 50.2 Å². The van der Waals surface area contributed by atoms with E-state index in [0.29, 0.717) is 12.6 Å². The highest BCUT2D eigenvalue weighted by molar-refractivity contribution is 5.71. The average molecular weight is 310 g/mol. The Morgan fingerprint density at radius 1 is 1.30 bits per heavy atom. The van der Waals surface area contributed by atoms with Crippen LogP contribution in [0.2, 0.25) is 0 Å². The number of rotatable bonds is 5. The monoisotopic (exact) mass is 310 g/mol. The van der Waals surface area contributed by atoms with Crippen molar-refractivity contribution in [2.45, 2.75) is 38.8 Å². The lowest BCUT2D eigenvalue weighted by Crippen LogP contribution is -2.31. The van der Waals surface area contributed by atoms with Crippen LogP contribution in [-0.2, 0) is 13.0 Å². The fourth-order valence-corrected chi connectivity index (χ4v) is 3.64. The van der Waals surface area contributed by atoms with Crippen LogP contribution in [0.1, 0.15) is 31.4 Å². The second kappa shape index (κ2) is 6.16. The van der Waals surface area contributed by atoms with Gasteiger partial charge in [0.05, 0.1) is 12.8 Å². The Kier molecular flexibility index (Phi) is 3.87. The lowest BCUT2D eigenvalue weighted by Gasteiger charge is -2.22. The fraction of sp³-hybridized carbons (Fsp3) is 0.444. The second-order valence-electron chi connectivity index (χ2n) is 6.17. The summed E-state index contributed by atoms with van der Waals surface area (Å²) >= 11 is 0. The highest BCUT2D eigenvalue weighted by atomic mass is 16.3. The Balaban J connectivity index is 1.70. The van der Waals surface area contributed by atoms with Crippen molar-refractivity contribution in [1.82, 2.24) is 19.4 Å². The van der Waals surface area contributed by atoms with Gasteiger partial charge >= 0.3 is 0 Å². The van der Waals surface area contributed by atoms with E-state index in [2.05, 4.69) is 21.4 Å². The van der Waals surface area contributed by atoms with Crippen molar-refractivity contribution < 1.29 is 4.42 Å². The quantitative estimate of drug-likeness (QED) is 0.726. The van der Waals surface area contributed by atoms with Crippen LogP contribution in [-0.4, -0.2) is 38.6 Å². The first-order chi connectivity index (χ1) is 11.3. The van der Waals surface area contributed by atoms with E-state index >= 15 is 0 Å². The molecular weight excluding hydrogens is 288 g/mol. The minimum Gasteiger partial charge on any atom is -0.467 e. The second-order valence-corrected chi connectivity index (χ2v) is 6.17. The fourth-order valence-electron chi connectivity index (χ4n) is 3.64. The van der Waals surface area contributed by atoms with Gasteiger partial charge in [-0.25, -0.2) is 9.97 Å². The average Bonchev–Trinajstić information content (AvgIpc) is 3.30. The molecule has 0 aliphatic carbocycles. The van der Waals surface area contributed by atoms with Gasteiger partial charge in [0.2, 0.25) is 0 Å². The first-order valence-corrected chi connectivity index (χ1v) is 8.41. The number of aromatic nitrogens is 3. The maximum Gasteiger partial charge on any atom is 0.160 e. The highest BCUT2D eigenvalue weighted by Crippen LogP contribution is 2.23. The minimum atomic E-state index is 0.590. The molecule has 0 saturated carbocycles. The third-order valence-corrected chi connectivity index (χ3v) is 4.80. The van der Waals surface area contributed by atoms with Gasteiger partial charge in [0.15, 0.2) is 5.65 Å². The molecule has 4 rings (SSSR count). The van der Waals surface area contributed by atoms with Gasteiger partial charge in [0.25, 0.3) is 0 Å². The number of hydrogen-bond donors (Lipinski definition) is 0. The van der Waals surface area contributed by atoms with Crippen LogP contribution in [0.3, 0.4) is 0 Å². The van der Waals surface area contributed by atoms with Gasteiger partial charge in [-0.1, -0.05) is 6.92 Å². The summed E-state index contributed by atoms with van der Waals surface area (Å²) in [6.45, 7) is 5.25. The highest BCUT2D eigenvalue weighted by Gasteiger charge is 2.25. The Hall–Kier alpha value is -2.14. The molecule has 0 radical (unpaired) electrons. The number of nitrogens with zero attached hydrogens (tertiary/aromatic N) is 4. The van der Waals surface area contributed by atoms with Crippen LogP contribution in [0.5, 0.6) is 0 Å². The van der Waals surface area contributed by atoms with Crippen molar-refractivity contribution >= 4 is 11.2 Å². The van der Waals surface area contributed by atoms with E-state index in [1.807, 2.05) is 30.5 Å². The molecule has 1 atom stereocenters. The van der Waals surface area contributed by atoms with Crippen molar-refractivity contribution in [2.75, 3.05) is 13.1 Å². The largest absolute Gasteiger partial charge is 0.467 e. The molecule has 0 aromatic carbocycles. The smallest absolute Gasteiger partial charge is 0.160 e. The zero-order valence-electron chi connectivity index (χ0n) is 13.5. The number of pyridine rings is 1. The zero-order chi connectivity index (χ0) is 15.6. The van der Waals surface area contributed by atoms with Crippen molar-refractivity contribution in [3.05, 3.63) is 48.3 Å². The molecule has 0 N–H and O–H groups in total. The van der Waals surface area contributed by atoms with Crippen LogP contribution in [0.15, 0.2) is 41.1 Å². The number of imidazole rings is 1. The Morgan fingerprint density at radius 2 is 2.26 bits per heavy atom. The van der Waals surface area contributed by atoms with Gasteiger partial charge in [0.1, 0.15) is 17.1 Å². The summed E-state index contributed by atoms with van der Waals surface area (Å²) in [6, 6.07) is 8.51. The van der Waals surface area contributed by atoms with Gasteiger partial charge in [-0.15, -0.1) is 0 Å². The normalized spacial score (nSPS) is 18.9. The van der Waals surface area contributed by atoms with Gasteiger partial charge in [-0.2, -0.15) is 0 Å². The molecule has 1 aliphatic heterocycles. The first-order valence-electron chi connectivity index (χ1n) is 8.41. The van der Waals surface area contributed by atoms with E-state index in [9.17, 15) is 0 Å². The molecule has 3 aromatic rings. The van der Waals surface area contributed by atoms with Crippen molar-refractivity contribution in [3.63, 3.8) is 0 Å². The van der Waals surface area contributed by atoms with Crippen LogP contribution in [0.4, 0.5) is 0 Å². The molecule has 0 spiro atoms. The van der Waals surface area contributed by atoms with Gasteiger partial charge in [-0.3, -0.25) is 0 Å². The lowest BCUT2D eigenvalue weighted by atomic mass is 10.1. The Bertz CT molecular complexity index is 778. The summed E-state index contributed by atoms with van der Waals surface area (Å²) in [5, 5.41) is 0. The van der Waals surface area contributed by atoms with Crippen LogP contribution >= 0.6 is 0 Å². The van der Waals surface area contributed by atoms with Gasteiger partial charge < -0.3 is 13.9 Å². The van der Waals surface area contributed by atoms with E-state index in [0.717, 1.165) is 35.7 Å². The van der Waals surface area contributed by atoms with E-state index in [1.165, 1.54) is 19.4 Å². The maximum absolute atomic E-state index is 5.54. The van der Waals surface area contributed by atoms with Crippen LogP contribution in [0.25, 0.3) is 11.2 Å². The van der Waals surface area contributed by atoms with E-state index in [1.54, 1.807) is 6.26 Å². The van der Waals surface area contributed by atoms with Crippen LogP contribution in [0, 0.1) is 0 Å². The summed E-state index contributed by atoms with van der Waals surface area (Å²) in [5.41, 5.74) is 1.91. The lowest BCUT2D eigenvalue weighted by molar-refractivity contribution is 0.262. The summed E-state index contributed by atoms with van der Waals surface area (Å²) in [6.07, 6.45) is 7.07. The molecule has 0 amide bonds. The summed E-state index contributed by atoms with van der Waals surface area (Å²) < 4.78 is 7.74. The Labute approximate surface area is 135 Å². The molecule has 1 unspecified atom stereocenters. The Morgan fingerprint density at radius 3 is 3.09 bits per heavy atom. The van der Waals surface area contributed by atoms with E-state index < -0.39 is 0 Å². The molecule has 4 heterocycles. The third-order valence-electron chi connectivity index (χ3n) is 4.80. The van der Waals surface area contributed by atoms with Crippen molar-refractivity contribution in [2.24, 2.45) is 0 Å². The molecule has 5 heteroatoms. The summed E-state index contributed by atoms with van der Waals surface area (Å²) in [7, 11) is 0. The van der Waals surface area contributed by atoms with Crippen molar-refractivity contribution in [3.8, 4) is 0 Å². The SMILES string of the molecule is CCN1CCCC1Cc1nc2cccnc2n1Cc1ccco1. The summed E-state index contributed by atoms with van der Waals surface area (Å²) in [4.78, 5) is 12.0. The minimum absolute atomic E-state index is 0.590. The predicted octanol–water partition coefficient (Wildman–Crippen LogP) is 3.10. The molecule has 23 heavy (non-hydrogen) atoms. The van der Waals surface area contributed by atoms with Gasteiger partial charge in [0, 0.05) is 18.7 Å². The first kappa shape index (κ1) is 14.5. The number of fused-ring (bicyclic) bond motifs is 1. The molecule has 0 bridgehead atoms. The predicted molar refractivity (Wildman–Crippen MR) is 89.3 cm³/mol. The molecule has 120 valence electrons. The van der Waals surface area contributed by atoms with Crippen LogP contribution < -0.4 is 0 Å². The zero-order valence-corrected chi connectivity index (χ0v) is 13.5. The van der Waals surface area contributed by atoms with E-state index in [4.69, 9.17) is 9.40 Å². The number of furan rings is 1. The number of hydrogen-bond acceptors (Lipinski definition) is 4. The topological polar surface area (TPSA) is 47.1 Å². The number of likely N-dealkylation sites (tertiary alicyclic amines) is 1. The molecule has 5 nitrogen and oxygen atoms in total. The summed E-state index contributed by atoms with van der Waals surface area (Å²) in [5.74, 6) is 2.05. The number of likely N-dealkylation sites (N-methyl/N-ethyl adjacent to an activating group) is 1. The molecule has 3 aromatic heterocycles. The molecule has 1 fully saturated rings. The van der Waals surface area contributed by atoms with Crippen molar-refractivity contribution in [1.29, 1.82) is 0 Å². The molecule has 1 aliphatic rings.